The molecule has 3 aromatic rings. The predicted octanol–water partition coefficient (Wildman–Crippen LogP) is 3.51. The van der Waals surface area contributed by atoms with E-state index in [9.17, 15) is 9.59 Å². The number of ether oxygens (including phenoxy) is 1. The lowest BCUT2D eigenvalue weighted by Gasteiger charge is -2.07. The van der Waals surface area contributed by atoms with Crippen molar-refractivity contribution in [1.29, 1.82) is 0 Å². The van der Waals surface area contributed by atoms with E-state index in [0.29, 0.717) is 5.69 Å². The number of aryl methyl sites for hydroxylation is 1. The lowest BCUT2D eigenvalue weighted by Crippen LogP contribution is -2.20. The van der Waals surface area contributed by atoms with Crippen molar-refractivity contribution < 1.29 is 18.7 Å². The minimum Gasteiger partial charge on any atom is -0.457 e. The van der Waals surface area contributed by atoms with Gasteiger partial charge in [-0.15, -0.1) is 11.3 Å². The number of amides is 1. The molecule has 0 fully saturated rings. The number of nitrogens with zero attached hydrogens (tertiary/aromatic N) is 1. The van der Waals surface area contributed by atoms with E-state index in [0.717, 1.165) is 16.3 Å². The Bertz CT molecular complexity index is 855. The number of aromatic nitrogens is 1. The van der Waals surface area contributed by atoms with Gasteiger partial charge in [0.05, 0.1) is 17.0 Å². The van der Waals surface area contributed by atoms with Crippen LogP contribution in [-0.4, -0.2) is 23.5 Å². The lowest BCUT2D eigenvalue weighted by molar-refractivity contribution is -0.119. The largest absolute Gasteiger partial charge is 0.457 e. The quantitative estimate of drug-likeness (QED) is 0.718. The molecule has 1 amide bonds. The molecule has 7 heteroatoms. The van der Waals surface area contributed by atoms with Crippen molar-refractivity contribution in [2.45, 2.75) is 6.92 Å². The van der Waals surface area contributed by atoms with Gasteiger partial charge < -0.3 is 14.5 Å². The maximum atomic E-state index is 11.9. The van der Waals surface area contributed by atoms with E-state index in [1.54, 1.807) is 23.5 Å². The number of benzene rings is 1. The Labute approximate surface area is 142 Å². The molecule has 2 heterocycles. The molecule has 0 atom stereocenters. The number of esters is 1. The highest BCUT2D eigenvalue weighted by molar-refractivity contribution is 7.09. The highest BCUT2D eigenvalue weighted by Crippen LogP contribution is 2.24. The van der Waals surface area contributed by atoms with Gasteiger partial charge in [0.25, 0.3) is 5.91 Å². The van der Waals surface area contributed by atoms with Gasteiger partial charge in [-0.05, 0) is 31.2 Å². The average Bonchev–Trinajstić information content (AvgIpc) is 3.24. The number of furan rings is 1. The topological polar surface area (TPSA) is 81.4 Å². The monoisotopic (exact) mass is 342 g/mol. The molecule has 0 spiro atoms. The SMILES string of the molecule is Cc1nc(-c2cccc(NC(=O)COC(=O)c3ccco3)c2)cs1. The molecule has 0 aliphatic heterocycles. The van der Waals surface area contributed by atoms with Crippen molar-refractivity contribution in [3.63, 3.8) is 0 Å². The third-order valence-corrected chi connectivity index (χ3v) is 3.89. The van der Waals surface area contributed by atoms with Crippen LogP contribution in [0.25, 0.3) is 11.3 Å². The van der Waals surface area contributed by atoms with Crippen molar-refractivity contribution in [2.24, 2.45) is 0 Å². The molecule has 6 nitrogen and oxygen atoms in total. The zero-order chi connectivity index (χ0) is 16.9. The standard InChI is InChI=1S/C17H14N2O4S/c1-11-18-14(10-24-11)12-4-2-5-13(8-12)19-16(20)9-23-17(21)15-6-3-7-22-15/h2-8,10H,9H2,1H3,(H,19,20). The van der Waals surface area contributed by atoms with Crippen LogP contribution in [0.3, 0.4) is 0 Å². The molecule has 0 aliphatic rings. The predicted molar refractivity (Wildman–Crippen MR) is 89.9 cm³/mol. The number of thiazole rings is 1. The highest BCUT2D eigenvalue weighted by Gasteiger charge is 2.13. The molecule has 0 saturated carbocycles. The van der Waals surface area contributed by atoms with Gasteiger partial charge in [0, 0.05) is 16.6 Å². The molecule has 0 bridgehead atoms. The number of hydrogen-bond donors (Lipinski definition) is 1. The molecule has 1 N–H and O–H groups in total. The summed E-state index contributed by atoms with van der Waals surface area (Å²) in [5.41, 5.74) is 2.37. The fourth-order valence-corrected chi connectivity index (χ4v) is 2.67. The number of carbonyl (C=O) groups excluding carboxylic acids is 2. The van der Waals surface area contributed by atoms with Crippen LogP contribution in [0.4, 0.5) is 5.69 Å². The van der Waals surface area contributed by atoms with Crippen molar-refractivity contribution in [3.05, 3.63) is 58.8 Å². The summed E-state index contributed by atoms with van der Waals surface area (Å²) in [5, 5.41) is 5.62. The van der Waals surface area contributed by atoms with Crippen LogP contribution in [0.15, 0.2) is 52.5 Å². The van der Waals surface area contributed by atoms with Gasteiger partial charge in [-0.3, -0.25) is 4.79 Å². The smallest absolute Gasteiger partial charge is 0.374 e. The van der Waals surface area contributed by atoms with Crippen LogP contribution >= 0.6 is 11.3 Å². The molecule has 0 unspecified atom stereocenters. The van der Waals surface area contributed by atoms with Gasteiger partial charge in [-0.2, -0.15) is 0 Å². The number of hydrogen-bond acceptors (Lipinski definition) is 6. The fraction of sp³-hybridized carbons (Fsp3) is 0.118. The third-order valence-electron chi connectivity index (χ3n) is 3.12. The van der Waals surface area contributed by atoms with E-state index in [1.165, 1.54) is 12.3 Å². The van der Waals surface area contributed by atoms with Crippen molar-refractivity contribution >= 4 is 28.9 Å². The number of anilines is 1. The Kier molecular flexibility index (Phi) is 4.72. The van der Waals surface area contributed by atoms with Crippen molar-refractivity contribution in [1.82, 2.24) is 4.98 Å². The van der Waals surface area contributed by atoms with E-state index in [-0.39, 0.29) is 12.4 Å². The lowest BCUT2D eigenvalue weighted by atomic mass is 10.1. The molecule has 122 valence electrons. The van der Waals surface area contributed by atoms with E-state index in [4.69, 9.17) is 9.15 Å². The maximum Gasteiger partial charge on any atom is 0.374 e. The average molecular weight is 342 g/mol. The minimum atomic E-state index is -0.679. The molecule has 24 heavy (non-hydrogen) atoms. The first-order chi connectivity index (χ1) is 11.6. The first-order valence-electron chi connectivity index (χ1n) is 7.15. The highest BCUT2D eigenvalue weighted by atomic mass is 32.1. The first-order valence-corrected chi connectivity index (χ1v) is 8.03. The molecule has 0 saturated heterocycles. The maximum absolute atomic E-state index is 11.9. The molecule has 0 aliphatic carbocycles. The van der Waals surface area contributed by atoms with Gasteiger partial charge in [0.15, 0.2) is 6.61 Å². The van der Waals surface area contributed by atoms with E-state index >= 15 is 0 Å². The van der Waals surface area contributed by atoms with Crippen LogP contribution in [-0.2, 0) is 9.53 Å². The molecule has 0 radical (unpaired) electrons. The van der Waals surface area contributed by atoms with Crippen LogP contribution in [0.1, 0.15) is 15.6 Å². The van der Waals surface area contributed by atoms with E-state index < -0.39 is 11.9 Å². The van der Waals surface area contributed by atoms with E-state index in [2.05, 4.69) is 10.3 Å². The minimum absolute atomic E-state index is 0.0590. The Morgan fingerprint density at radius 3 is 2.88 bits per heavy atom. The zero-order valence-corrected chi connectivity index (χ0v) is 13.6. The van der Waals surface area contributed by atoms with Gasteiger partial charge in [-0.1, -0.05) is 12.1 Å². The Balaban J connectivity index is 1.59. The second-order valence-electron chi connectivity index (χ2n) is 4.93. The summed E-state index contributed by atoms with van der Waals surface area (Å²) < 4.78 is 9.78. The summed E-state index contributed by atoms with van der Waals surface area (Å²) in [4.78, 5) is 27.9. The summed E-state index contributed by atoms with van der Waals surface area (Å²) >= 11 is 1.56. The van der Waals surface area contributed by atoms with Crippen LogP contribution < -0.4 is 5.32 Å². The Morgan fingerprint density at radius 1 is 1.29 bits per heavy atom. The normalized spacial score (nSPS) is 10.4. The second-order valence-corrected chi connectivity index (χ2v) is 6.00. The molecular formula is C17H14N2O4S. The van der Waals surface area contributed by atoms with Crippen molar-refractivity contribution in [2.75, 3.05) is 11.9 Å². The van der Waals surface area contributed by atoms with Crippen LogP contribution in [0.5, 0.6) is 0 Å². The zero-order valence-electron chi connectivity index (χ0n) is 12.8. The van der Waals surface area contributed by atoms with Gasteiger partial charge >= 0.3 is 5.97 Å². The first kappa shape index (κ1) is 15.9. The summed E-state index contributed by atoms with van der Waals surface area (Å²) in [7, 11) is 0. The summed E-state index contributed by atoms with van der Waals surface area (Å²) in [5.74, 6) is -1.05. The van der Waals surface area contributed by atoms with Gasteiger partial charge in [0.2, 0.25) is 5.76 Å². The van der Waals surface area contributed by atoms with Gasteiger partial charge in [-0.25, -0.2) is 9.78 Å². The van der Waals surface area contributed by atoms with Crippen LogP contribution in [0.2, 0.25) is 0 Å². The number of carbonyl (C=O) groups is 2. The molecular weight excluding hydrogens is 328 g/mol. The Hall–Kier alpha value is -2.93. The molecule has 2 aromatic heterocycles. The van der Waals surface area contributed by atoms with Gasteiger partial charge in [0.1, 0.15) is 0 Å². The number of rotatable bonds is 5. The second kappa shape index (κ2) is 7.10. The fourth-order valence-electron chi connectivity index (χ4n) is 2.05. The van der Waals surface area contributed by atoms with Crippen molar-refractivity contribution in [3.8, 4) is 11.3 Å². The third kappa shape index (κ3) is 3.88. The molecule has 1 aromatic carbocycles. The summed E-state index contributed by atoms with van der Waals surface area (Å²) in [6.45, 7) is 1.55. The molecule has 3 rings (SSSR count). The summed E-state index contributed by atoms with van der Waals surface area (Å²) in [6.07, 6.45) is 1.36. The summed E-state index contributed by atoms with van der Waals surface area (Å²) in [6, 6.07) is 10.4. The Morgan fingerprint density at radius 2 is 2.17 bits per heavy atom. The van der Waals surface area contributed by atoms with E-state index in [1.807, 2.05) is 30.5 Å². The van der Waals surface area contributed by atoms with Crippen LogP contribution in [0, 0.1) is 6.92 Å². The number of nitrogens with one attached hydrogen (secondary N) is 1.